The van der Waals surface area contributed by atoms with Crippen LogP contribution in [-0.4, -0.2) is 44.8 Å². The Morgan fingerprint density at radius 2 is 1.60 bits per heavy atom. The summed E-state index contributed by atoms with van der Waals surface area (Å²) in [5, 5.41) is 0. The van der Waals surface area contributed by atoms with Crippen LogP contribution in [0.4, 0.5) is 11.4 Å². The predicted octanol–water partition coefficient (Wildman–Crippen LogP) is 1.17. The van der Waals surface area contributed by atoms with Crippen molar-refractivity contribution in [2.75, 3.05) is 50.9 Å². The average molecular weight is 206 g/mol. The molecular weight excluding hydrogens is 186 g/mol. The predicted molar refractivity (Wildman–Crippen MR) is 64.9 cm³/mol. The van der Waals surface area contributed by atoms with E-state index < -0.39 is 0 Å². The fourth-order valence-electron chi connectivity index (χ4n) is 1.95. The molecule has 1 heterocycles. The van der Waals surface area contributed by atoms with Crippen molar-refractivity contribution in [3.05, 3.63) is 24.3 Å². The summed E-state index contributed by atoms with van der Waals surface area (Å²) in [5.41, 5.74) is 7.81. The van der Waals surface area contributed by atoms with Gasteiger partial charge in [0.25, 0.3) is 0 Å². The van der Waals surface area contributed by atoms with E-state index in [1.165, 1.54) is 18.8 Å². The number of nitrogens with two attached hydrogens (primary N) is 1. The van der Waals surface area contributed by atoms with E-state index in [9.17, 15) is 0 Å². The van der Waals surface area contributed by atoms with Gasteiger partial charge in [0.1, 0.15) is 0 Å². The molecule has 2 rings (SSSR count). The Hall–Kier alpha value is -1.22. The van der Waals surface area contributed by atoms with Crippen LogP contribution in [0.1, 0.15) is 0 Å². The molecule has 1 fully saturated rings. The SMILES string of the molecule is C[N+]1(C)CCN(c2ccc(N)cc2)CC1. The minimum Gasteiger partial charge on any atom is -0.399 e. The maximum atomic E-state index is 5.68. The van der Waals surface area contributed by atoms with E-state index in [4.69, 9.17) is 5.73 Å². The monoisotopic (exact) mass is 206 g/mol. The van der Waals surface area contributed by atoms with Crippen molar-refractivity contribution in [2.24, 2.45) is 0 Å². The van der Waals surface area contributed by atoms with Crippen molar-refractivity contribution in [3.63, 3.8) is 0 Å². The molecule has 1 aromatic rings. The summed E-state index contributed by atoms with van der Waals surface area (Å²) in [4.78, 5) is 2.43. The fraction of sp³-hybridized carbons (Fsp3) is 0.500. The molecule has 2 N–H and O–H groups in total. The molecule has 0 atom stereocenters. The zero-order valence-corrected chi connectivity index (χ0v) is 9.61. The van der Waals surface area contributed by atoms with Crippen LogP contribution in [0.5, 0.6) is 0 Å². The van der Waals surface area contributed by atoms with Gasteiger partial charge in [-0.05, 0) is 24.3 Å². The molecule has 3 nitrogen and oxygen atoms in total. The van der Waals surface area contributed by atoms with Crippen molar-refractivity contribution in [1.29, 1.82) is 0 Å². The molecule has 0 radical (unpaired) electrons. The number of likely N-dealkylation sites (N-methyl/N-ethyl adjacent to an activating group) is 1. The summed E-state index contributed by atoms with van der Waals surface area (Å²) >= 11 is 0. The molecule has 1 aromatic carbocycles. The van der Waals surface area contributed by atoms with Crippen molar-refractivity contribution >= 4 is 11.4 Å². The van der Waals surface area contributed by atoms with Gasteiger partial charge >= 0.3 is 0 Å². The number of piperazine rings is 1. The molecule has 0 saturated carbocycles. The third kappa shape index (κ3) is 2.42. The van der Waals surface area contributed by atoms with E-state index in [0.29, 0.717) is 0 Å². The lowest BCUT2D eigenvalue weighted by Gasteiger charge is -2.40. The van der Waals surface area contributed by atoms with E-state index in [-0.39, 0.29) is 0 Å². The minimum absolute atomic E-state index is 0.840. The third-order valence-corrected chi connectivity index (χ3v) is 3.21. The summed E-state index contributed by atoms with van der Waals surface area (Å²) in [7, 11) is 4.58. The van der Waals surface area contributed by atoms with E-state index in [1.54, 1.807) is 0 Å². The molecular formula is C12H20N3+. The molecule has 0 bridgehead atoms. The van der Waals surface area contributed by atoms with Crippen molar-refractivity contribution < 1.29 is 4.48 Å². The molecule has 0 amide bonds. The van der Waals surface area contributed by atoms with E-state index in [2.05, 4.69) is 31.1 Å². The third-order valence-electron chi connectivity index (χ3n) is 3.21. The number of hydrogen-bond donors (Lipinski definition) is 1. The summed E-state index contributed by atoms with van der Waals surface area (Å²) < 4.78 is 1.13. The van der Waals surface area contributed by atoms with Gasteiger partial charge in [-0.15, -0.1) is 0 Å². The molecule has 0 aromatic heterocycles. The smallest absolute Gasteiger partial charge is 0.0961 e. The lowest BCUT2D eigenvalue weighted by molar-refractivity contribution is -0.890. The summed E-state index contributed by atoms with van der Waals surface area (Å²) in [6.07, 6.45) is 0. The second kappa shape index (κ2) is 3.74. The second-order valence-electron chi connectivity index (χ2n) is 4.96. The highest BCUT2D eigenvalue weighted by atomic mass is 15.4. The van der Waals surface area contributed by atoms with Gasteiger partial charge in [-0.1, -0.05) is 0 Å². The molecule has 0 spiro atoms. The van der Waals surface area contributed by atoms with Gasteiger partial charge < -0.3 is 15.1 Å². The summed E-state index contributed by atoms with van der Waals surface area (Å²) in [6.45, 7) is 4.70. The molecule has 0 unspecified atom stereocenters. The van der Waals surface area contributed by atoms with Crippen LogP contribution in [-0.2, 0) is 0 Å². The highest BCUT2D eigenvalue weighted by Gasteiger charge is 2.23. The van der Waals surface area contributed by atoms with Gasteiger partial charge in [0.2, 0.25) is 0 Å². The van der Waals surface area contributed by atoms with Crippen molar-refractivity contribution in [3.8, 4) is 0 Å². The van der Waals surface area contributed by atoms with E-state index >= 15 is 0 Å². The van der Waals surface area contributed by atoms with E-state index in [1.807, 2.05) is 12.1 Å². The molecule has 15 heavy (non-hydrogen) atoms. The van der Waals surface area contributed by atoms with Crippen LogP contribution in [0.15, 0.2) is 24.3 Å². The number of anilines is 2. The van der Waals surface area contributed by atoms with Crippen LogP contribution in [0, 0.1) is 0 Å². The summed E-state index contributed by atoms with van der Waals surface area (Å²) in [6, 6.07) is 8.18. The maximum absolute atomic E-state index is 5.68. The Bertz CT molecular complexity index is 319. The first kappa shape index (κ1) is 10.3. The Labute approximate surface area is 91.7 Å². The molecule has 82 valence electrons. The van der Waals surface area contributed by atoms with Gasteiger partial charge in [-0.25, -0.2) is 0 Å². The molecule has 3 heteroatoms. The highest BCUT2D eigenvalue weighted by molar-refractivity contribution is 5.53. The second-order valence-corrected chi connectivity index (χ2v) is 4.96. The van der Waals surface area contributed by atoms with Gasteiger partial charge in [-0.3, -0.25) is 0 Å². The van der Waals surface area contributed by atoms with Crippen LogP contribution >= 0.6 is 0 Å². The first-order valence-electron chi connectivity index (χ1n) is 5.49. The Kier molecular flexibility index (Phi) is 2.57. The number of quaternary nitrogens is 1. The highest BCUT2D eigenvalue weighted by Crippen LogP contribution is 2.19. The number of nitrogen functional groups attached to an aromatic ring is 1. The van der Waals surface area contributed by atoms with Gasteiger partial charge in [-0.2, -0.15) is 0 Å². The lowest BCUT2D eigenvalue weighted by Crippen LogP contribution is -2.54. The maximum Gasteiger partial charge on any atom is 0.0961 e. The van der Waals surface area contributed by atoms with Crippen LogP contribution in [0.2, 0.25) is 0 Å². The van der Waals surface area contributed by atoms with Gasteiger partial charge in [0.05, 0.1) is 40.3 Å². The van der Waals surface area contributed by atoms with Crippen LogP contribution in [0.3, 0.4) is 0 Å². The van der Waals surface area contributed by atoms with E-state index in [0.717, 1.165) is 23.3 Å². The van der Waals surface area contributed by atoms with Crippen LogP contribution in [0.25, 0.3) is 0 Å². The van der Waals surface area contributed by atoms with Gasteiger partial charge in [0, 0.05) is 11.4 Å². The minimum atomic E-state index is 0.840. The topological polar surface area (TPSA) is 29.3 Å². The lowest BCUT2D eigenvalue weighted by atomic mass is 10.2. The summed E-state index contributed by atoms with van der Waals surface area (Å²) in [5.74, 6) is 0. The van der Waals surface area contributed by atoms with Gasteiger partial charge in [0.15, 0.2) is 0 Å². The van der Waals surface area contributed by atoms with Crippen LogP contribution < -0.4 is 10.6 Å². The van der Waals surface area contributed by atoms with Crippen molar-refractivity contribution in [1.82, 2.24) is 0 Å². The Morgan fingerprint density at radius 1 is 1.07 bits per heavy atom. The molecule has 0 aliphatic carbocycles. The Balaban J connectivity index is 2.04. The zero-order valence-electron chi connectivity index (χ0n) is 9.61. The standard InChI is InChI=1S/C12H20N3/c1-15(2)9-7-14(8-10-15)12-5-3-11(13)4-6-12/h3-6H,7-10,13H2,1-2H3/q+1. The normalized spacial score (nSPS) is 20.3. The fourth-order valence-corrected chi connectivity index (χ4v) is 1.95. The van der Waals surface area contributed by atoms with Crippen molar-refractivity contribution in [2.45, 2.75) is 0 Å². The number of rotatable bonds is 1. The average Bonchev–Trinajstić information content (AvgIpc) is 2.20. The Morgan fingerprint density at radius 3 is 2.13 bits per heavy atom. The largest absolute Gasteiger partial charge is 0.399 e. The zero-order chi connectivity index (χ0) is 10.9. The first-order valence-corrected chi connectivity index (χ1v) is 5.49. The quantitative estimate of drug-likeness (QED) is 0.552. The molecule has 1 aliphatic rings. The molecule has 1 aliphatic heterocycles. The first-order chi connectivity index (χ1) is 7.07. The number of nitrogens with zero attached hydrogens (tertiary/aromatic N) is 2. The number of hydrogen-bond acceptors (Lipinski definition) is 2. The number of benzene rings is 1. The molecule has 1 saturated heterocycles.